The van der Waals surface area contributed by atoms with E-state index in [0.717, 1.165) is 72.5 Å². The third-order valence-corrected chi connectivity index (χ3v) is 6.26. The number of hydrogen-bond donors (Lipinski definition) is 2. The lowest BCUT2D eigenvalue weighted by Gasteiger charge is -2.15. The number of H-pyrrole nitrogens is 1. The van der Waals surface area contributed by atoms with Crippen molar-refractivity contribution in [2.24, 2.45) is 4.99 Å². The minimum atomic E-state index is -0.410. The van der Waals surface area contributed by atoms with Gasteiger partial charge in [-0.15, -0.1) is 0 Å². The Kier molecular flexibility index (Phi) is 15.3. The molecule has 2 aromatic rings. The van der Waals surface area contributed by atoms with Gasteiger partial charge in [0.25, 0.3) is 0 Å². The lowest BCUT2D eigenvalue weighted by molar-refractivity contribution is 0.414. The number of aliphatic imine (C=N–C) groups is 1. The van der Waals surface area contributed by atoms with E-state index < -0.39 is 5.82 Å². The Morgan fingerprint density at radius 1 is 1.18 bits per heavy atom. The molecule has 0 spiro atoms. The van der Waals surface area contributed by atoms with Crippen molar-refractivity contribution < 1.29 is 13.9 Å². The van der Waals surface area contributed by atoms with Crippen LogP contribution in [0.5, 0.6) is 0 Å². The quantitative estimate of drug-likeness (QED) is 0.156. The summed E-state index contributed by atoms with van der Waals surface area (Å²) in [5, 5.41) is 10.7. The molecule has 2 N–H and O–H groups in total. The van der Waals surface area contributed by atoms with Gasteiger partial charge >= 0.3 is 0 Å². The van der Waals surface area contributed by atoms with E-state index in [1.54, 1.807) is 19.1 Å². The number of aliphatic hydroxyl groups excluding tert-OH is 1. The number of rotatable bonds is 12. The zero-order valence-electron chi connectivity index (χ0n) is 23.7. The first-order valence-corrected chi connectivity index (χ1v) is 13.7. The predicted molar refractivity (Wildman–Crippen MR) is 162 cm³/mol. The molecule has 0 aliphatic heterocycles. The number of halogens is 3. The molecule has 1 aromatic carbocycles. The minimum Gasteiger partial charge on any atom is -0.513 e. The van der Waals surface area contributed by atoms with Crippen molar-refractivity contribution in [2.45, 2.75) is 86.0 Å². The van der Waals surface area contributed by atoms with Crippen LogP contribution in [-0.2, 0) is 6.42 Å². The lowest BCUT2D eigenvalue weighted by atomic mass is 9.91. The van der Waals surface area contributed by atoms with E-state index in [0.29, 0.717) is 0 Å². The molecule has 0 aliphatic rings. The number of aliphatic hydroxyl groups is 1. The number of aromatic amines is 1. The zero-order chi connectivity index (χ0) is 28.7. The predicted octanol–water partition coefficient (Wildman–Crippen LogP) is 11.0. The van der Waals surface area contributed by atoms with Gasteiger partial charge in [0, 0.05) is 28.2 Å². The van der Waals surface area contributed by atoms with Gasteiger partial charge in [0.2, 0.25) is 0 Å². The monoisotopic (exact) mass is 544 g/mol. The fourth-order valence-corrected chi connectivity index (χ4v) is 4.05. The van der Waals surface area contributed by atoms with Crippen molar-refractivity contribution in [3.05, 3.63) is 94.5 Å². The van der Waals surface area contributed by atoms with E-state index in [4.69, 9.17) is 11.6 Å². The summed E-state index contributed by atoms with van der Waals surface area (Å²) in [5.41, 5.74) is 5.08. The second-order valence-corrected chi connectivity index (χ2v) is 9.68. The van der Waals surface area contributed by atoms with Gasteiger partial charge in [-0.25, -0.2) is 8.78 Å². The highest BCUT2D eigenvalue weighted by Crippen LogP contribution is 2.35. The standard InChI is InChI=1S/C23H29ClFNO.C9H14FN/c1-5-7-9-17(12-11-15(3)27)16(4)23-18(10-8-6-2)19-13-20(24)21(25)14-22(19)26-23;1-4-6-8(3)11-7-9(10)5-2/h7,9,11-14,16,26-27H,5-6,8,10H2,1-4H3;5,7H,2,4,6H2,1,3H3/b9-7+,15-11+,17-12+;9-7+,11-8?. The van der Waals surface area contributed by atoms with Crippen LogP contribution in [0.2, 0.25) is 5.02 Å². The molecule has 0 saturated carbocycles. The van der Waals surface area contributed by atoms with E-state index in [-0.39, 0.29) is 22.5 Å². The van der Waals surface area contributed by atoms with Crippen molar-refractivity contribution >= 4 is 28.2 Å². The summed E-state index contributed by atoms with van der Waals surface area (Å²) in [6.45, 7) is 15.3. The summed E-state index contributed by atoms with van der Waals surface area (Å²) >= 11 is 6.05. The maximum atomic E-state index is 14.0. The largest absolute Gasteiger partial charge is 0.513 e. The number of unbranched alkanes of at least 4 members (excludes halogenated alkanes) is 1. The van der Waals surface area contributed by atoms with Crippen LogP contribution in [0.4, 0.5) is 8.78 Å². The van der Waals surface area contributed by atoms with Gasteiger partial charge in [0.05, 0.1) is 17.0 Å². The molecule has 6 heteroatoms. The van der Waals surface area contributed by atoms with Gasteiger partial charge in [-0.3, -0.25) is 4.99 Å². The number of nitrogens with one attached hydrogen (secondary N) is 1. The van der Waals surface area contributed by atoms with Gasteiger partial charge in [0.15, 0.2) is 0 Å². The van der Waals surface area contributed by atoms with Crippen LogP contribution in [0.15, 0.2) is 77.4 Å². The van der Waals surface area contributed by atoms with Gasteiger partial charge in [-0.2, -0.15) is 0 Å². The van der Waals surface area contributed by atoms with Crippen LogP contribution in [-0.4, -0.2) is 15.8 Å². The number of benzene rings is 1. The summed E-state index contributed by atoms with van der Waals surface area (Å²) in [5.74, 6) is -0.460. The summed E-state index contributed by atoms with van der Waals surface area (Å²) in [6.07, 6.45) is 16.1. The van der Waals surface area contributed by atoms with E-state index in [9.17, 15) is 13.9 Å². The van der Waals surface area contributed by atoms with Gasteiger partial charge in [-0.05, 0) is 75.0 Å². The van der Waals surface area contributed by atoms with Crippen molar-refractivity contribution in [1.29, 1.82) is 0 Å². The molecule has 0 fully saturated rings. The SMILES string of the molecule is C=C/C(F)=C\N=C(C)CCC.CC/C=C/C(=C\C=C(/C)O)C(C)c1[nH]c2cc(F)c(Cl)cc2c1CCCC. The topological polar surface area (TPSA) is 48.4 Å². The first kappa shape index (κ1) is 33.1. The molecule has 1 atom stereocenters. The molecular weight excluding hydrogens is 502 g/mol. The molecule has 208 valence electrons. The fraction of sp³-hybridized carbons (Fsp3) is 0.406. The molecule has 1 heterocycles. The average Bonchev–Trinajstić information content (AvgIpc) is 3.23. The van der Waals surface area contributed by atoms with E-state index in [1.165, 1.54) is 17.8 Å². The van der Waals surface area contributed by atoms with Gasteiger partial charge in [0.1, 0.15) is 11.6 Å². The Morgan fingerprint density at radius 3 is 2.47 bits per heavy atom. The van der Waals surface area contributed by atoms with Crippen molar-refractivity contribution in [1.82, 2.24) is 4.98 Å². The number of hydrogen-bond acceptors (Lipinski definition) is 2. The second-order valence-electron chi connectivity index (χ2n) is 9.27. The Bertz CT molecular complexity index is 1200. The molecule has 38 heavy (non-hydrogen) atoms. The number of allylic oxidation sites excluding steroid dienone is 8. The van der Waals surface area contributed by atoms with Crippen LogP contribution < -0.4 is 0 Å². The van der Waals surface area contributed by atoms with Crippen LogP contribution >= 0.6 is 11.6 Å². The molecule has 0 radical (unpaired) electrons. The summed E-state index contributed by atoms with van der Waals surface area (Å²) in [6, 6.07) is 3.21. The highest BCUT2D eigenvalue weighted by atomic mass is 35.5. The van der Waals surface area contributed by atoms with Gasteiger partial charge < -0.3 is 10.1 Å². The Morgan fingerprint density at radius 2 is 1.89 bits per heavy atom. The third kappa shape index (κ3) is 10.8. The number of aryl methyl sites for hydroxylation is 1. The molecule has 2 rings (SSSR count). The second kappa shape index (κ2) is 17.6. The molecule has 3 nitrogen and oxygen atoms in total. The average molecular weight is 545 g/mol. The Hall–Kier alpha value is -2.92. The van der Waals surface area contributed by atoms with Gasteiger partial charge in [-0.1, -0.05) is 76.9 Å². The fourth-order valence-electron chi connectivity index (χ4n) is 3.89. The molecule has 0 aliphatic carbocycles. The van der Waals surface area contributed by atoms with Crippen molar-refractivity contribution in [3.8, 4) is 0 Å². The summed E-state index contributed by atoms with van der Waals surface area (Å²) in [7, 11) is 0. The molecule has 1 unspecified atom stereocenters. The third-order valence-electron chi connectivity index (χ3n) is 5.97. The van der Waals surface area contributed by atoms with Crippen molar-refractivity contribution in [3.63, 3.8) is 0 Å². The molecule has 1 aromatic heterocycles. The maximum Gasteiger partial charge on any atom is 0.143 e. The van der Waals surface area contributed by atoms with E-state index in [2.05, 4.69) is 56.4 Å². The van der Waals surface area contributed by atoms with Crippen LogP contribution in [0, 0.1) is 5.82 Å². The molecule has 0 amide bonds. The first-order chi connectivity index (χ1) is 18.1. The maximum absolute atomic E-state index is 14.0. The van der Waals surface area contributed by atoms with E-state index in [1.807, 2.05) is 13.0 Å². The Labute approximate surface area is 232 Å². The number of nitrogens with zero attached hydrogens (tertiary/aromatic N) is 1. The Balaban J connectivity index is 0.000000554. The zero-order valence-corrected chi connectivity index (χ0v) is 24.4. The summed E-state index contributed by atoms with van der Waals surface area (Å²) < 4.78 is 26.3. The molecule has 0 bridgehead atoms. The van der Waals surface area contributed by atoms with E-state index >= 15 is 0 Å². The number of aromatic nitrogens is 1. The first-order valence-electron chi connectivity index (χ1n) is 13.3. The minimum absolute atomic E-state index is 0.0736. The van der Waals surface area contributed by atoms with Crippen LogP contribution in [0.3, 0.4) is 0 Å². The normalized spacial score (nSPS) is 14.1. The molecule has 0 saturated heterocycles. The summed E-state index contributed by atoms with van der Waals surface area (Å²) in [4.78, 5) is 7.32. The van der Waals surface area contributed by atoms with Crippen molar-refractivity contribution in [2.75, 3.05) is 0 Å². The highest BCUT2D eigenvalue weighted by Gasteiger charge is 2.19. The number of fused-ring (bicyclic) bond motifs is 1. The van der Waals surface area contributed by atoms with Crippen LogP contribution in [0.25, 0.3) is 10.9 Å². The smallest absolute Gasteiger partial charge is 0.143 e. The lowest BCUT2D eigenvalue weighted by Crippen LogP contribution is -2.01. The van der Waals surface area contributed by atoms with Crippen LogP contribution in [0.1, 0.15) is 90.8 Å². The highest BCUT2D eigenvalue weighted by molar-refractivity contribution is 6.31. The molecular formula is C32H43ClF2N2O.